The summed E-state index contributed by atoms with van der Waals surface area (Å²) in [5.41, 5.74) is 2.18. The quantitative estimate of drug-likeness (QED) is 0.899. The smallest absolute Gasteiger partial charge is 0.272 e. The van der Waals surface area contributed by atoms with Gasteiger partial charge in [-0.25, -0.2) is 9.97 Å². The molecule has 0 atom stereocenters. The number of carbonyl (C=O) groups excluding carboxylic acids is 1. The van der Waals surface area contributed by atoms with Gasteiger partial charge in [-0.2, -0.15) is 0 Å². The summed E-state index contributed by atoms with van der Waals surface area (Å²) in [4.78, 5) is 23.4. The fraction of sp³-hybridized carbons (Fsp3) is 0.421. The van der Waals surface area contributed by atoms with Crippen molar-refractivity contribution in [2.75, 3.05) is 18.4 Å². The zero-order chi connectivity index (χ0) is 17.8. The van der Waals surface area contributed by atoms with Gasteiger partial charge in [0.15, 0.2) is 0 Å². The van der Waals surface area contributed by atoms with Crippen molar-refractivity contribution in [3.8, 4) is 0 Å². The lowest BCUT2D eigenvalue weighted by atomic mass is 9.99. The average molecular weight is 359 g/mol. The number of nitrogens with one attached hydrogen (secondary N) is 1. The molecule has 1 amide bonds. The van der Waals surface area contributed by atoms with E-state index in [-0.39, 0.29) is 5.91 Å². The molecule has 132 valence electrons. The van der Waals surface area contributed by atoms with Crippen molar-refractivity contribution in [1.82, 2.24) is 14.9 Å². The van der Waals surface area contributed by atoms with Crippen LogP contribution in [0.25, 0.3) is 0 Å². The summed E-state index contributed by atoms with van der Waals surface area (Å²) in [6, 6.07) is 9.38. The third kappa shape index (κ3) is 4.48. The Balaban J connectivity index is 1.72. The van der Waals surface area contributed by atoms with Crippen LogP contribution < -0.4 is 5.32 Å². The molecule has 0 unspecified atom stereocenters. The van der Waals surface area contributed by atoms with E-state index in [1.165, 1.54) is 0 Å². The third-order valence-corrected chi connectivity index (χ3v) is 4.91. The molecule has 1 fully saturated rings. The number of hydrogen-bond donors (Lipinski definition) is 1. The number of aromatic nitrogens is 2. The first-order chi connectivity index (χ1) is 12.0. The minimum absolute atomic E-state index is 0.0156. The zero-order valence-electron chi connectivity index (χ0n) is 14.6. The van der Waals surface area contributed by atoms with E-state index in [0.29, 0.717) is 29.1 Å². The number of rotatable bonds is 4. The second kappa shape index (κ2) is 7.83. The highest BCUT2D eigenvalue weighted by Crippen LogP contribution is 2.19. The molecule has 5 nitrogen and oxygen atoms in total. The number of anilines is 1. The van der Waals surface area contributed by atoms with E-state index in [2.05, 4.69) is 22.2 Å². The highest BCUT2D eigenvalue weighted by atomic mass is 35.5. The van der Waals surface area contributed by atoms with Crippen molar-refractivity contribution in [1.29, 1.82) is 0 Å². The van der Waals surface area contributed by atoms with E-state index in [0.717, 1.165) is 37.2 Å². The van der Waals surface area contributed by atoms with E-state index >= 15 is 0 Å². The van der Waals surface area contributed by atoms with E-state index in [1.54, 1.807) is 6.07 Å². The maximum atomic E-state index is 12.7. The van der Waals surface area contributed by atoms with Crippen LogP contribution in [-0.2, 0) is 6.54 Å². The van der Waals surface area contributed by atoms with Crippen LogP contribution >= 0.6 is 11.6 Å². The molecule has 1 aliphatic rings. The minimum atomic E-state index is -0.0156. The van der Waals surface area contributed by atoms with Gasteiger partial charge >= 0.3 is 0 Å². The SMILES string of the molecule is Cc1cc(C(=O)N2CCC(C)CC2)nc(NCc2ccccc2Cl)n1. The number of piperidine rings is 1. The van der Waals surface area contributed by atoms with E-state index in [1.807, 2.05) is 36.1 Å². The van der Waals surface area contributed by atoms with Gasteiger partial charge in [-0.1, -0.05) is 36.7 Å². The normalized spacial score (nSPS) is 15.2. The molecule has 25 heavy (non-hydrogen) atoms. The Labute approximate surface area is 153 Å². The van der Waals surface area contributed by atoms with Gasteiger partial charge in [0.25, 0.3) is 5.91 Å². The van der Waals surface area contributed by atoms with Crippen molar-refractivity contribution >= 4 is 23.5 Å². The molecular weight excluding hydrogens is 336 g/mol. The van der Waals surface area contributed by atoms with Crippen LogP contribution in [0.1, 0.15) is 41.5 Å². The molecule has 0 bridgehead atoms. The number of nitrogens with zero attached hydrogens (tertiary/aromatic N) is 3. The standard InChI is InChI=1S/C19H23ClN4O/c1-13-7-9-24(10-8-13)18(25)17-11-14(2)22-19(23-17)21-12-15-5-3-4-6-16(15)20/h3-6,11,13H,7-10,12H2,1-2H3,(H,21,22,23). The lowest BCUT2D eigenvalue weighted by molar-refractivity contribution is 0.0691. The molecular formula is C19H23ClN4O. The molecule has 0 aliphatic carbocycles. The Morgan fingerprint density at radius 3 is 2.72 bits per heavy atom. The van der Waals surface area contributed by atoms with E-state index in [4.69, 9.17) is 11.6 Å². The molecule has 1 N–H and O–H groups in total. The Morgan fingerprint density at radius 1 is 1.28 bits per heavy atom. The summed E-state index contributed by atoms with van der Waals surface area (Å²) in [5, 5.41) is 3.87. The molecule has 1 aliphatic heterocycles. The Kier molecular flexibility index (Phi) is 5.53. The van der Waals surface area contributed by atoms with Gasteiger partial charge in [-0.15, -0.1) is 0 Å². The molecule has 6 heteroatoms. The first kappa shape index (κ1) is 17.7. The van der Waals surface area contributed by atoms with Crippen LogP contribution in [0.4, 0.5) is 5.95 Å². The third-order valence-electron chi connectivity index (χ3n) is 4.54. The fourth-order valence-corrected chi connectivity index (χ4v) is 3.15. The molecule has 1 aromatic heterocycles. The van der Waals surface area contributed by atoms with Crippen LogP contribution in [0, 0.1) is 12.8 Å². The van der Waals surface area contributed by atoms with E-state index < -0.39 is 0 Å². The van der Waals surface area contributed by atoms with Crippen molar-refractivity contribution in [2.24, 2.45) is 5.92 Å². The Bertz CT molecular complexity index is 757. The van der Waals surface area contributed by atoms with Crippen molar-refractivity contribution < 1.29 is 4.79 Å². The fourth-order valence-electron chi connectivity index (χ4n) is 2.95. The molecule has 0 spiro atoms. The Morgan fingerprint density at radius 2 is 2.00 bits per heavy atom. The first-order valence-corrected chi connectivity index (χ1v) is 9.03. The highest BCUT2D eigenvalue weighted by molar-refractivity contribution is 6.31. The van der Waals surface area contributed by atoms with Gasteiger partial charge in [-0.3, -0.25) is 4.79 Å². The van der Waals surface area contributed by atoms with Crippen LogP contribution in [0.3, 0.4) is 0 Å². The summed E-state index contributed by atoms with van der Waals surface area (Å²) in [5.74, 6) is 1.12. The second-order valence-electron chi connectivity index (χ2n) is 6.64. The average Bonchev–Trinajstić information content (AvgIpc) is 2.60. The number of benzene rings is 1. The number of amides is 1. The van der Waals surface area contributed by atoms with Gasteiger partial charge in [0.05, 0.1) is 0 Å². The number of halogens is 1. The summed E-state index contributed by atoms with van der Waals surface area (Å²) in [6.45, 7) is 6.21. The van der Waals surface area contributed by atoms with Gasteiger partial charge in [0.2, 0.25) is 5.95 Å². The maximum Gasteiger partial charge on any atom is 0.272 e. The number of carbonyl (C=O) groups is 1. The van der Waals surface area contributed by atoms with Gasteiger partial charge < -0.3 is 10.2 Å². The minimum Gasteiger partial charge on any atom is -0.350 e. The summed E-state index contributed by atoms with van der Waals surface area (Å²) in [6.07, 6.45) is 2.10. The molecule has 2 aromatic rings. The molecule has 2 heterocycles. The zero-order valence-corrected chi connectivity index (χ0v) is 15.4. The largest absolute Gasteiger partial charge is 0.350 e. The summed E-state index contributed by atoms with van der Waals surface area (Å²) < 4.78 is 0. The number of aryl methyl sites for hydroxylation is 1. The maximum absolute atomic E-state index is 12.7. The van der Waals surface area contributed by atoms with E-state index in [9.17, 15) is 4.79 Å². The van der Waals surface area contributed by atoms with Crippen molar-refractivity contribution in [3.05, 3.63) is 52.3 Å². The molecule has 1 saturated heterocycles. The van der Waals surface area contributed by atoms with Gasteiger partial charge in [0.1, 0.15) is 5.69 Å². The lowest BCUT2D eigenvalue weighted by Gasteiger charge is -2.30. The predicted molar refractivity (Wildman–Crippen MR) is 99.8 cm³/mol. The topological polar surface area (TPSA) is 58.1 Å². The van der Waals surface area contributed by atoms with Crippen LogP contribution in [0.15, 0.2) is 30.3 Å². The lowest BCUT2D eigenvalue weighted by Crippen LogP contribution is -2.38. The molecule has 0 radical (unpaired) electrons. The molecule has 1 aromatic carbocycles. The van der Waals surface area contributed by atoms with Gasteiger partial charge in [0, 0.05) is 30.4 Å². The van der Waals surface area contributed by atoms with Gasteiger partial charge in [-0.05, 0) is 43.4 Å². The van der Waals surface area contributed by atoms with Crippen LogP contribution in [-0.4, -0.2) is 33.9 Å². The van der Waals surface area contributed by atoms with Crippen molar-refractivity contribution in [3.63, 3.8) is 0 Å². The van der Waals surface area contributed by atoms with Crippen molar-refractivity contribution in [2.45, 2.75) is 33.2 Å². The summed E-state index contributed by atoms with van der Waals surface area (Å²) >= 11 is 6.18. The summed E-state index contributed by atoms with van der Waals surface area (Å²) in [7, 11) is 0. The van der Waals surface area contributed by atoms with Crippen LogP contribution in [0.5, 0.6) is 0 Å². The molecule has 3 rings (SSSR count). The molecule has 0 saturated carbocycles. The number of hydrogen-bond acceptors (Lipinski definition) is 4. The highest BCUT2D eigenvalue weighted by Gasteiger charge is 2.23. The second-order valence-corrected chi connectivity index (χ2v) is 7.05. The Hall–Kier alpha value is -2.14. The first-order valence-electron chi connectivity index (χ1n) is 8.65. The predicted octanol–water partition coefficient (Wildman–Crippen LogP) is 3.92. The van der Waals surface area contributed by atoms with Crippen LogP contribution in [0.2, 0.25) is 5.02 Å². The monoisotopic (exact) mass is 358 g/mol. The number of likely N-dealkylation sites (tertiary alicyclic amines) is 1.